The van der Waals surface area contributed by atoms with Gasteiger partial charge < -0.3 is 19.6 Å². The van der Waals surface area contributed by atoms with E-state index in [1.165, 1.54) is 77.0 Å². The van der Waals surface area contributed by atoms with Gasteiger partial charge in [0.1, 0.15) is 12.7 Å². The third-order valence-corrected chi connectivity index (χ3v) is 5.13. The first-order chi connectivity index (χ1) is 13.9. The van der Waals surface area contributed by atoms with Gasteiger partial charge in [0.15, 0.2) is 0 Å². The fourth-order valence-electron chi connectivity index (χ4n) is 2.88. The summed E-state index contributed by atoms with van der Waals surface area (Å²) in [6.45, 7) is 2.37. The minimum Gasteiger partial charge on any atom is -0.388 e. The maximum absolute atomic E-state index is 10.7. The van der Waals surface area contributed by atoms with Gasteiger partial charge in [0.25, 0.3) is 0 Å². The predicted molar refractivity (Wildman–Crippen MR) is 112 cm³/mol. The van der Waals surface area contributed by atoms with Crippen molar-refractivity contribution in [2.24, 2.45) is 0 Å². The summed E-state index contributed by atoms with van der Waals surface area (Å²) in [5, 5.41) is 9.54. The molecule has 0 aliphatic carbocycles. The second kappa shape index (κ2) is 19.5. The van der Waals surface area contributed by atoms with Gasteiger partial charge in [0.2, 0.25) is 0 Å². The molecule has 3 N–H and O–H groups in total. The predicted octanol–water partition coefficient (Wildman–Crippen LogP) is 5.09. The highest BCUT2D eigenvalue weighted by molar-refractivity contribution is 7.69. The molecule has 0 aromatic carbocycles. The average Bonchev–Trinajstić information content (AvgIpc) is 2.66. The molecule has 0 aliphatic rings. The zero-order valence-electron chi connectivity index (χ0n) is 17.9. The van der Waals surface area contributed by atoms with Gasteiger partial charge in [-0.15, -0.1) is 0 Å². The van der Waals surface area contributed by atoms with Crippen molar-refractivity contribution in [1.82, 2.24) is 0 Å². The zero-order chi connectivity index (χ0) is 21.8. The highest BCUT2D eigenvalue weighted by Crippen LogP contribution is 2.36. The molecular weight excluding hydrogens is 399 g/mol. The van der Waals surface area contributed by atoms with Crippen LogP contribution in [0.15, 0.2) is 0 Å². The Morgan fingerprint density at radius 3 is 1.69 bits per heavy atom. The third-order valence-electron chi connectivity index (χ3n) is 4.58. The Balaban J connectivity index is 3.25. The number of ether oxygens (including phenoxy) is 1. The van der Waals surface area contributed by atoms with Crippen molar-refractivity contribution in [2.45, 2.75) is 103 Å². The molecule has 1 atom stereocenters. The summed E-state index contributed by atoms with van der Waals surface area (Å²) >= 11 is 0. The first-order valence-electron chi connectivity index (χ1n) is 11.0. The number of unbranched alkanes of at least 4 members (excludes halogenated alkanes) is 13. The number of carbonyl (C=O) groups is 1. The fourth-order valence-corrected chi connectivity index (χ4v) is 3.03. The number of hydrogen-bond acceptors (Lipinski definition) is 6. The van der Waals surface area contributed by atoms with E-state index < -0.39 is 26.0 Å². The van der Waals surface area contributed by atoms with Crippen LogP contribution in [0.5, 0.6) is 0 Å². The van der Waals surface area contributed by atoms with Crippen molar-refractivity contribution in [1.29, 1.82) is 0 Å². The van der Waals surface area contributed by atoms with Crippen LogP contribution in [0.3, 0.4) is 0 Å². The lowest BCUT2D eigenvalue weighted by Crippen LogP contribution is -2.23. The second-order valence-electron chi connectivity index (χ2n) is 7.50. The van der Waals surface area contributed by atoms with Crippen LogP contribution in [-0.2, 0) is 19.1 Å². The van der Waals surface area contributed by atoms with Gasteiger partial charge in [-0.1, -0.05) is 90.4 Å². The molecule has 0 saturated heterocycles. The molecule has 9 heteroatoms. The monoisotopic (exact) mass is 440 g/mol. The van der Waals surface area contributed by atoms with Crippen LogP contribution < -0.4 is 0 Å². The van der Waals surface area contributed by atoms with Gasteiger partial charge in [-0.25, -0.2) is 9.36 Å². The SMILES string of the molecule is CCCCCCCCCCCCCCCCOC[C@@H](O)COOC(=O)P(=O)(O)O. The molecule has 0 bridgehead atoms. The summed E-state index contributed by atoms with van der Waals surface area (Å²) in [5.74, 6) is 0. The van der Waals surface area contributed by atoms with Gasteiger partial charge in [-0.05, 0) is 6.42 Å². The lowest BCUT2D eigenvalue weighted by atomic mass is 10.0. The average molecular weight is 441 g/mol. The topological polar surface area (TPSA) is 123 Å². The van der Waals surface area contributed by atoms with E-state index in [0.29, 0.717) is 6.61 Å². The molecule has 29 heavy (non-hydrogen) atoms. The molecule has 0 unspecified atom stereocenters. The Labute approximate surface area is 175 Å². The number of carbonyl (C=O) groups excluding carboxylic acids is 1. The third kappa shape index (κ3) is 20.5. The zero-order valence-corrected chi connectivity index (χ0v) is 18.8. The van der Waals surface area contributed by atoms with Crippen LogP contribution >= 0.6 is 7.60 Å². The van der Waals surface area contributed by atoms with Gasteiger partial charge in [-0.3, -0.25) is 4.89 Å². The number of aliphatic hydroxyl groups is 1. The van der Waals surface area contributed by atoms with Crippen LogP contribution in [0, 0.1) is 0 Å². The summed E-state index contributed by atoms with van der Waals surface area (Å²) in [7, 11) is -4.97. The van der Waals surface area contributed by atoms with E-state index in [1.807, 2.05) is 0 Å². The van der Waals surface area contributed by atoms with E-state index in [0.717, 1.165) is 12.8 Å². The van der Waals surface area contributed by atoms with E-state index in [2.05, 4.69) is 16.7 Å². The molecule has 0 saturated carbocycles. The van der Waals surface area contributed by atoms with Crippen LogP contribution in [0.25, 0.3) is 0 Å². The van der Waals surface area contributed by atoms with Crippen LogP contribution in [0.4, 0.5) is 4.79 Å². The molecule has 0 radical (unpaired) electrons. The Kier molecular flexibility index (Phi) is 19.1. The van der Waals surface area contributed by atoms with Crippen molar-refractivity contribution in [3.05, 3.63) is 0 Å². The van der Waals surface area contributed by atoms with Crippen molar-refractivity contribution < 1.29 is 38.8 Å². The van der Waals surface area contributed by atoms with E-state index in [-0.39, 0.29) is 6.61 Å². The van der Waals surface area contributed by atoms with Crippen LogP contribution in [0.2, 0.25) is 0 Å². The summed E-state index contributed by atoms with van der Waals surface area (Å²) in [6, 6.07) is 0. The Morgan fingerprint density at radius 1 is 0.793 bits per heavy atom. The van der Waals surface area contributed by atoms with Crippen molar-refractivity contribution in [3.63, 3.8) is 0 Å². The standard InChI is InChI=1S/C20H41O8P/c1-2-3-4-5-6-7-8-9-10-11-12-13-14-15-16-26-17-19(21)18-27-28-20(22)29(23,24)25/h19,21H,2-18H2,1H3,(H2,23,24,25)/t19-/m1/s1. The smallest absolute Gasteiger partial charge is 0.388 e. The highest BCUT2D eigenvalue weighted by Gasteiger charge is 2.29. The van der Waals surface area contributed by atoms with E-state index in [9.17, 15) is 14.5 Å². The van der Waals surface area contributed by atoms with Gasteiger partial charge in [0.05, 0.1) is 6.61 Å². The molecule has 0 aromatic heterocycles. The first-order valence-corrected chi connectivity index (χ1v) is 12.6. The number of rotatable bonds is 21. The normalized spacial score (nSPS) is 12.8. The molecule has 0 amide bonds. The Bertz CT molecular complexity index is 427. The second-order valence-corrected chi connectivity index (χ2v) is 8.96. The van der Waals surface area contributed by atoms with Crippen molar-refractivity contribution in [3.8, 4) is 0 Å². The fraction of sp³-hybridized carbons (Fsp3) is 0.950. The molecule has 0 heterocycles. The van der Waals surface area contributed by atoms with Crippen molar-refractivity contribution >= 4 is 13.3 Å². The molecule has 0 aliphatic heterocycles. The molecule has 8 nitrogen and oxygen atoms in total. The van der Waals surface area contributed by atoms with Crippen LogP contribution in [-0.4, -0.2) is 46.5 Å². The molecule has 0 spiro atoms. The lowest BCUT2D eigenvalue weighted by molar-refractivity contribution is -0.249. The summed E-state index contributed by atoms with van der Waals surface area (Å²) in [6.07, 6.45) is 17.0. The van der Waals surface area contributed by atoms with Crippen molar-refractivity contribution in [2.75, 3.05) is 19.8 Å². The minimum atomic E-state index is -4.97. The maximum atomic E-state index is 10.7. The van der Waals surface area contributed by atoms with Gasteiger partial charge in [0, 0.05) is 6.61 Å². The molecule has 0 rings (SSSR count). The quantitative estimate of drug-likeness (QED) is 0.0976. The van der Waals surface area contributed by atoms with Gasteiger partial charge >= 0.3 is 13.3 Å². The molecule has 0 aromatic rings. The summed E-state index contributed by atoms with van der Waals surface area (Å²) < 4.78 is 15.8. The largest absolute Gasteiger partial charge is 0.452 e. The van der Waals surface area contributed by atoms with E-state index in [4.69, 9.17) is 14.5 Å². The van der Waals surface area contributed by atoms with Gasteiger partial charge in [-0.2, -0.15) is 4.89 Å². The Hall–Kier alpha value is -0.500. The lowest BCUT2D eigenvalue weighted by Gasteiger charge is -2.11. The molecule has 0 fully saturated rings. The summed E-state index contributed by atoms with van der Waals surface area (Å²) in [5.41, 5.74) is -1.78. The Morgan fingerprint density at radius 2 is 1.24 bits per heavy atom. The maximum Gasteiger partial charge on any atom is 0.452 e. The van der Waals surface area contributed by atoms with E-state index >= 15 is 0 Å². The summed E-state index contributed by atoms with van der Waals surface area (Å²) in [4.78, 5) is 35.9. The minimum absolute atomic E-state index is 0.00586. The van der Waals surface area contributed by atoms with E-state index in [1.54, 1.807) is 0 Å². The molecular formula is C20H41O8P. The number of aliphatic hydroxyl groups excluding tert-OH is 1. The first kappa shape index (κ1) is 28.5. The number of hydrogen-bond donors (Lipinski definition) is 3. The molecule has 174 valence electrons. The highest BCUT2D eigenvalue weighted by atomic mass is 31.2. The van der Waals surface area contributed by atoms with Crippen LogP contribution in [0.1, 0.15) is 96.8 Å².